The average Bonchev–Trinajstić information content (AvgIpc) is 2.89. The summed E-state index contributed by atoms with van der Waals surface area (Å²) in [5, 5.41) is 3.15. The predicted octanol–water partition coefficient (Wildman–Crippen LogP) is 1.08. The molecule has 1 aliphatic heterocycles. The van der Waals surface area contributed by atoms with Crippen LogP contribution >= 0.6 is 0 Å². The second kappa shape index (κ2) is 7.08. The molecule has 1 fully saturated rings. The molecule has 106 valence electrons. The molecular formula is C12H21N5O2. The van der Waals surface area contributed by atoms with Crippen LogP contribution < -0.4 is 15.8 Å². The van der Waals surface area contributed by atoms with Crippen molar-refractivity contribution < 1.29 is 9.47 Å². The zero-order valence-corrected chi connectivity index (χ0v) is 11.3. The number of anilines is 2. The lowest BCUT2D eigenvalue weighted by Crippen LogP contribution is -2.13. The van der Waals surface area contributed by atoms with Crippen LogP contribution in [0, 0.1) is 5.92 Å². The Bertz CT molecular complexity index is 396. The largest absolute Gasteiger partial charge is 0.463 e. The van der Waals surface area contributed by atoms with Gasteiger partial charge in [0.15, 0.2) is 0 Å². The lowest BCUT2D eigenvalue weighted by molar-refractivity contribution is 0.185. The van der Waals surface area contributed by atoms with E-state index in [4.69, 9.17) is 15.2 Å². The van der Waals surface area contributed by atoms with E-state index in [1.165, 1.54) is 0 Å². The maximum Gasteiger partial charge on any atom is 0.323 e. The molecule has 7 nitrogen and oxygen atoms in total. The quantitative estimate of drug-likeness (QED) is 0.763. The Labute approximate surface area is 112 Å². The molecule has 0 spiro atoms. The first-order chi connectivity index (χ1) is 9.28. The van der Waals surface area contributed by atoms with Crippen molar-refractivity contribution in [2.45, 2.75) is 26.2 Å². The van der Waals surface area contributed by atoms with Crippen LogP contribution in [0.3, 0.4) is 0 Å². The number of hydrogen-bond donors (Lipinski definition) is 2. The van der Waals surface area contributed by atoms with Crippen LogP contribution in [0.25, 0.3) is 0 Å². The Balaban J connectivity index is 1.82. The normalized spacial score (nSPS) is 18.5. The van der Waals surface area contributed by atoms with Crippen LogP contribution in [0.15, 0.2) is 0 Å². The summed E-state index contributed by atoms with van der Waals surface area (Å²) in [6.07, 6.45) is 3.07. The summed E-state index contributed by atoms with van der Waals surface area (Å²) in [5.41, 5.74) is 5.62. The van der Waals surface area contributed by atoms with Crippen molar-refractivity contribution in [1.29, 1.82) is 0 Å². The average molecular weight is 267 g/mol. The van der Waals surface area contributed by atoms with Gasteiger partial charge in [-0.25, -0.2) is 0 Å². The van der Waals surface area contributed by atoms with E-state index in [9.17, 15) is 0 Å². The van der Waals surface area contributed by atoms with E-state index in [1.807, 2.05) is 6.92 Å². The lowest BCUT2D eigenvalue weighted by atomic mass is 10.1. The second-order valence-corrected chi connectivity index (χ2v) is 4.59. The fourth-order valence-electron chi connectivity index (χ4n) is 1.91. The third-order valence-electron chi connectivity index (χ3n) is 2.93. The third kappa shape index (κ3) is 4.51. The molecule has 1 unspecified atom stereocenters. The van der Waals surface area contributed by atoms with Gasteiger partial charge in [-0.05, 0) is 25.2 Å². The number of nitrogen functional groups attached to an aromatic ring is 1. The minimum Gasteiger partial charge on any atom is -0.463 e. The molecule has 0 bridgehead atoms. The molecule has 19 heavy (non-hydrogen) atoms. The van der Waals surface area contributed by atoms with Crippen molar-refractivity contribution >= 4 is 11.9 Å². The van der Waals surface area contributed by atoms with Crippen LogP contribution in [-0.2, 0) is 4.74 Å². The highest BCUT2D eigenvalue weighted by Crippen LogP contribution is 2.16. The molecule has 2 heterocycles. The monoisotopic (exact) mass is 267 g/mol. The number of ether oxygens (including phenoxy) is 2. The molecule has 0 aliphatic carbocycles. The van der Waals surface area contributed by atoms with Crippen LogP contribution in [0.4, 0.5) is 11.9 Å². The van der Waals surface area contributed by atoms with Crippen molar-refractivity contribution in [3.63, 3.8) is 0 Å². The number of nitrogens with zero attached hydrogens (tertiary/aromatic N) is 3. The molecule has 7 heteroatoms. The fraction of sp³-hybridized carbons (Fsp3) is 0.750. The Kier molecular flexibility index (Phi) is 5.14. The summed E-state index contributed by atoms with van der Waals surface area (Å²) in [6.45, 7) is 5.12. The standard InChI is InChI=1S/C12H21N5O2/c1-2-6-19-12-16-10(13)15-11(17-12)14-5-3-9-4-7-18-8-9/h9H,2-8H2,1H3,(H3,13,14,15,16,17). The van der Waals surface area contributed by atoms with E-state index < -0.39 is 0 Å². The summed E-state index contributed by atoms with van der Waals surface area (Å²) >= 11 is 0. The fourth-order valence-corrected chi connectivity index (χ4v) is 1.91. The van der Waals surface area contributed by atoms with Gasteiger partial charge in [-0.15, -0.1) is 0 Å². The Hall–Kier alpha value is -1.63. The lowest BCUT2D eigenvalue weighted by Gasteiger charge is -2.09. The SMILES string of the molecule is CCCOc1nc(N)nc(NCCC2CCOC2)n1. The minimum absolute atomic E-state index is 0.174. The molecule has 1 aromatic heterocycles. The summed E-state index contributed by atoms with van der Waals surface area (Å²) in [7, 11) is 0. The highest BCUT2D eigenvalue weighted by molar-refractivity contribution is 5.32. The van der Waals surface area contributed by atoms with Gasteiger partial charge in [0, 0.05) is 19.8 Å². The maximum absolute atomic E-state index is 5.62. The van der Waals surface area contributed by atoms with Gasteiger partial charge in [0.1, 0.15) is 0 Å². The van der Waals surface area contributed by atoms with E-state index in [0.717, 1.165) is 39.0 Å². The van der Waals surface area contributed by atoms with Gasteiger partial charge in [-0.2, -0.15) is 15.0 Å². The summed E-state index contributed by atoms with van der Waals surface area (Å²) in [6, 6.07) is 0.279. The van der Waals surface area contributed by atoms with Crippen molar-refractivity contribution in [2.24, 2.45) is 5.92 Å². The maximum atomic E-state index is 5.62. The van der Waals surface area contributed by atoms with Gasteiger partial charge in [0.05, 0.1) is 6.61 Å². The molecule has 1 aromatic rings. The molecule has 0 aromatic carbocycles. The first kappa shape index (κ1) is 13.8. The van der Waals surface area contributed by atoms with Crippen molar-refractivity contribution in [2.75, 3.05) is 37.4 Å². The van der Waals surface area contributed by atoms with Gasteiger partial charge in [0.25, 0.3) is 0 Å². The Morgan fingerprint density at radius 2 is 2.32 bits per heavy atom. The zero-order valence-electron chi connectivity index (χ0n) is 11.3. The van der Waals surface area contributed by atoms with Crippen LogP contribution in [0.5, 0.6) is 6.01 Å². The van der Waals surface area contributed by atoms with Gasteiger partial charge in [-0.1, -0.05) is 6.92 Å². The van der Waals surface area contributed by atoms with E-state index in [1.54, 1.807) is 0 Å². The van der Waals surface area contributed by atoms with Crippen molar-refractivity contribution in [1.82, 2.24) is 15.0 Å². The molecule has 0 radical (unpaired) electrons. The van der Waals surface area contributed by atoms with Crippen molar-refractivity contribution in [3.05, 3.63) is 0 Å². The zero-order chi connectivity index (χ0) is 13.5. The Morgan fingerprint density at radius 3 is 3.05 bits per heavy atom. The van der Waals surface area contributed by atoms with Crippen LogP contribution in [0.2, 0.25) is 0 Å². The van der Waals surface area contributed by atoms with Crippen molar-refractivity contribution in [3.8, 4) is 6.01 Å². The van der Waals surface area contributed by atoms with E-state index in [0.29, 0.717) is 18.5 Å². The third-order valence-corrected chi connectivity index (χ3v) is 2.93. The summed E-state index contributed by atoms with van der Waals surface area (Å²) in [5.74, 6) is 1.27. The molecular weight excluding hydrogens is 246 g/mol. The van der Waals surface area contributed by atoms with Crippen LogP contribution in [-0.4, -0.2) is 41.3 Å². The van der Waals surface area contributed by atoms with Gasteiger partial charge >= 0.3 is 6.01 Å². The van der Waals surface area contributed by atoms with E-state index >= 15 is 0 Å². The second-order valence-electron chi connectivity index (χ2n) is 4.59. The van der Waals surface area contributed by atoms with Gasteiger partial charge in [-0.3, -0.25) is 0 Å². The summed E-state index contributed by atoms with van der Waals surface area (Å²) in [4.78, 5) is 12.1. The molecule has 1 atom stereocenters. The number of nitrogens with two attached hydrogens (primary N) is 1. The summed E-state index contributed by atoms with van der Waals surface area (Å²) < 4.78 is 10.7. The first-order valence-corrected chi connectivity index (χ1v) is 6.74. The first-order valence-electron chi connectivity index (χ1n) is 6.74. The molecule has 1 aliphatic rings. The topological polar surface area (TPSA) is 95.2 Å². The van der Waals surface area contributed by atoms with E-state index in [2.05, 4.69) is 20.3 Å². The van der Waals surface area contributed by atoms with E-state index in [-0.39, 0.29) is 12.0 Å². The molecule has 0 amide bonds. The van der Waals surface area contributed by atoms with Gasteiger partial charge < -0.3 is 20.5 Å². The minimum atomic E-state index is 0.174. The molecule has 0 saturated carbocycles. The molecule has 3 N–H and O–H groups in total. The number of aromatic nitrogens is 3. The van der Waals surface area contributed by atoms with Crippen LogP contribution in [0.1, 0.15) is 26.2 Å². The Morgan fingerprint density at radius 1 is 1.42 bits per heavy atom. The van der Waals surface area contributed by atoms with Gasteiger partial charge in [0.2, 0.25) is 11.9 Å². The highest BCUT2D eigenvalue weighted by Gasteiger charge is 2.15. The smallest absolute Gasteiger partial charge is 0.323 e. The predicted molar refractivity (Wildman–Crippen MR) is 72.1 cm³/mol. The molecule has 2 rings (SSSR count). The number of hydrogen-bond acceptors (Lipinski definition) is 7. The highest BCUT2D eigenvalue weighted by atomic mass is 16.5. The molecule has 1 saturated heterocycles. The number of nitrogens with one attached hydrogen (secondary N) is 1. The number of rotatable bonds is 7.